The van der Waals surface area contributed by atoms with Crippen LogP contribution in [0.3, 0.4) is 0 Å². The lowest BCUT2D eigenvalue weighted by molar-refractivity contribution is -0.0459. The number of aliphatic hydroxyl groups is 2. The quantitative estimate of drug-likeness (QED) is 0.372. The second kappa shape index (κ2) is 6.87. The molecule has 0 aromatic carbocycles. The molecule has 0 unspecified atom stereocenters. The smallest absolute Gasteiger partial charge is 0.330 e. The summed E-state index contributed by atoms with van der Waals surface area (Å²) in [5.74, 6) is 0. The maximum Gasteiger partial charge on any atom is 0.330 e. The molecule has 0 aliphatic carbocycles. The van der Waals surface area contributed by atoms with Crippen LogP contribution in [0.2, 0.25) is 0 Å². The van der Waals surface area contributed by atoms with Gasteiger partial charge in [-0.25, -0.2) is 4.79 Å². The van der Waals surface area contributed by atoms with Crippen LogP contribution in [-0.4, -0.2) is 38.6 Å². The predicted molar refractivity (Wildman–Crippen MR) is 67.8 cm³/mol. The Morgan fingerprint density at radius 3 is 2.65 bits per heavy atom. The third-order valence-corrected chi connectivity index (χ3v) is 2.84. The van der Waals surface area contributed by atoms with Gasteiger partial charge in [0.2, 0.25) is 0 Å². The minimum Gasteiger partial charge on any atom is -0.394 e. The van der Waals surface area contributed by atoms with Gasteiger partial charge in [0, 0.05) is 18.2 Å². The molecule has 10 nitrogen and oxygen atoms in total. The number of aliphatic hydroxyl groups excluding tert-OH is 2. The van der Waals surface area contributed by atoms with E-state index >= 15 is 0 Å². The molecule has 20 heavy (non-hydrogen) atoms. The number of nitrogens with one attached hydrogen (secondary N) is 1. The normalized spacial score (nSPS) is 24.6. The summed E-state index contributed by atoms with van der Waals surface area (Å²) in [7, 11) is 0. The van der Waals surface area contributed by atoms with Gasteiger partial charge in [-0.15, -0.1) is 0 Å². The Morgan fingerprint density at radius 1 is 1.55 bits per heavy atom. The Labute approximate surface area is 112 Å². The van der Waals surface area contributed by atoms with Crippen molar-refractivity contribution in [3.63, 3.8) is 0 Å². The molecule has 1 aromatic heterocycles. The number of aromatic amines is 1. The number of aryl methyl sites for hydroxylation is 1. The Morgan fingerprint density at radius 2 is 2.15 bits per heavy atom. The van der Waals surface area contributed by atoms with E-state index in [2.05, 4.69) is 4.98 Å². The third kappa shape index (κ3) is 3.45. The minimum absolute atomic E-state index is 0.205. The van der Waals surface area contributed by atoms with Gasteiger partial charge in [0.05, 0.1) is 12.7 Å². The van der Waals surface area contributed by atoms with Gasteiger partial charge in [-0.2, -0.15) is 0 Å². The number of rotatable bonds is 2. The minimum atomic E-state index is -0.816. The molecule has 1 saturated heterocycles. The van der Waals surface area contributed by atoms with Crippen LogP contribution in [0, 0.1) is 6.92 Å². The van der Waals surface area contributed by atoms with E-state index in [9.17, 15) is 14.7 Å². The molecule has 0 radical (unpaired) electrons. The van der Waals surface area contributed by atoms with Crippen LogP contribution in [0.5, 0.6) is 0 Å². The maximum absolute atomic E-state index is 11.6. The Hall–Kier alpha value is -2.13. The van der Waals surface area contributed by atoms with E-state index in [1.807, 2.05) is 0 Å². The highest BCUT2D eigenvalue weighted by atomic mass is 16.5. The number of H-pyrrole nitrogens is 1. The summed E-state index contributed by atoms with van der Waals surface area (Å²) in [6, 6.07) is 0. The fourth-order valence-electron chi connectivity index (χ4n) is 1.85. The summed E-state index contributed by atoms with van der Waals surface area (Å²) in [4.78, 5) is 26.4. The lowest BCUT2D eigenvalue weighted by Crippen LogP contribution is -2.33. The fourth-order valence-corrected chi connectivity index (χ4v) is 1.85. The van der Waals surface area contributed by atoms with Crippen LogP contribution in [0.1, 0.15) is 18.2 Å². The van der Waals surface area contributed by atoms with Crippen molar-refractivity contribution in [2.45, 2.75) is 31.8 Å². The SMILES string of the molecule is Cc1cn([C@H]2C[C@H](O)[C@@H](CO)O2)c(=O)[nH]c1=O.[N-]=[N+]=[N-]. The lowest BCUT2D eigenvalue weighted by Gasteiger charge is -2.14. The molecule has 10 heteroatoms. The van der Waals surface area contributed by atoms with Crippen LogP contribution in [0.15, 0.2) is 15.8 Å². The van der Waals surface area contributed by atoms with E-state index in [0.29, 0.717) is 5.56 Å². The molecule has 1 fully saturated rings. The first kappa shape index (κ1) is 15.9. The fraction of sp³-hybridized carbons (Fsp3) is 0.600. The van der Waals surface area contributed by atoms with Crippen molar-refractivity contribution < 1.29 is 14.9 Å². The largest absolute Gasteiger partial charge is 0.394 e. The van der Waals surface area contributed by atoms with Gasteiger partial charge in [0.25, 0.3) is 5.56 Å². The topological polar surface area (TPSA) is 163 Å². The van der Waals surface area contributed by atoms with Crippen LogP contribution < -0.4 is 11.2 Å². The van der Waals surface area contributed by atoms with Gasteiger partial charge in [-0.1, -0.05) is 0 Å². The number of hydrogen-bond donors (Lipinski definition) is 3. The average molecular weight is 284 g/mol. The van der Waals surface area contributed by atoms with Crippen LogP contribution in [0.4, 0.5) is 0 Å². The maximum atomic E-state index is 11.6. The number of nitrogens with zero attached hydrogens (tertiary/aromatic N) is 4. The molecule has 3 atom stereocenters. The summed E-state index contributed by atoms with van der Waals surface area (Å²) in [5, 5.41) is 18.5. The Balaban J connectivity index is 0.000000612. The summed E-state index contributed by atoms with van der Waals surface area (Å²) in [6.45, 7) is 1.26. The summed E-state index contributed by atoms with van der Waals surface area (Å²) >= 11 is 0. The lowest BCUT2D eigenvalue weighted by atomic mass is 10.2. The van der Waals surface area contributed by atoms with Crippen molar-refractivity contribution in [3.05, 3.63) is 48.6 Å². The van der Waals surface area contributed by atoms with E-state index in [4.69, 9.17) is 20.9 Å². The molecule has 0 bridgehead atoms. The van der Waals surface area contributed by atoms with E-state index in [0.717, 1.165) is 0 Å². The molecule has 0 amide bonds. The van der Waals surface area contributed by atoms with Crippen molar-refractivity contribution in [1.82, 2.24) is 9.55 Å². The molecule has 2 rings (SSSR count). The van der Waals surface area contributed by atoms with Crippen molar-refractivity contribution in [2.75, 3.05) is 6.61 Å². The zero-order valence-corrected chi connectivity index (χ0v) is 10.6. The second-order valence-corrected chi connectivity index (χ2v) is 4.18. The van der Waals surface area contributed by atoms with Crippen molar-refractivity contribution in [2.24, 2.45) is 0 Å². The van der Waals surface area contributed by atoms with Crippen LogP contribution >= 0.6 is 0 Å². The number of ether oxygens (including phenoxy) is 1. The molecule has 110 valence electrons. The van der Waals surface area contributed by atoms with Gasteiger partial charge in [-0.05, 0) is 6.92 Å². The first-order chi connectivity index (χ1) is 9.44. The second-order valence-electron chi connectivity index (χ2n) is 4.18. The molecular formula is C10H14N5O5-. The van der Waals surface area contributed by atoms with Gasteiger partial charge in [-0.3, -0.25) is 19.3 Å². The Bertz CT molecular complexity index is 603. The molecule has 2 heterocycles. The highest BCUT2D eigenvalue weighted by molar-refractivity contribution is 5.02. The zero-order valence-electron chi connectivity index (χ0n) is 10.6. The van der Waals surface area contributed by atoms with Crippen molar-refractivity contribution in [3.8, 4) is 0 Å². The predicted octanol–water partition coefficient (Wildman–Crippen LogP) is -0.648. The highest BCUT2D eigenvalue weighted by Gasteiger charge is 2.34. The molecule has 0 saturated carbocycles. The van der Waals surface area contributed by atoms with Gasteiger partial charge >= 0.3 is 5.69 Å². The molecule has 1 aliphatic rings. The van der Waals surface area contributed by atoms with Gasteiger partial charge < -0.3 is 26.0 Å². The number of aromatic nitrogens is 2. The van der Waals surface area contributed by atoms with Crippen LogP contribution in [0.25, 0.3) is 16.0 Å². The monoisotopic (exact) mass is 284 g/mol. The van der Waals surface area contributed by atoms with Crippen molar-refractivity contribution >= 4 is 0 Å². The van der Waals surface area contributed by atoms with E-state index in [1.165, 1.54) is 15.7 Å². The summed E-state index contributed by atoms with van der Waals surface area (Å²) in [5.41, 5.74) is 12.9. The van der Waals surface area contributed by atoms with Crippen molar-refractivity contribution in [1.29, 1.82) is 0 Å². The number of hydrogen-bond acceptors (Lipinski definition) is 5. The van der Waals surface area contributed by atoms with E-state index in [1.54, 1.807) is 6.92 Å². The van der Waals surface area contributed by atoms with Gasteiger partial charge in [0.15, 0.2) is 0 Å². The molecular weight excluding hydrogens is 270 g/mol. The van der Waals surface area contributed by atoms with Crippen LogP contribution in [-0.2, 0) is 4.74 Å². The molecule has 3 N–H and O–H groups in total. The Kier molecular flexibility index (Phi) is 5.47. The molecule has 1 aliphatic heterocycles. The van der Waals surface area contributed by atoms with Gasteiger partial charge in [0.1, 0.15) is 12.3 Å². The highest BCUT2D eigenvalue weighted by Crippen LogP contribution is 2.27. The van der Waals surface area contributed by atoms with E-state index in [-0.39, 0.29) is 13.0 Å². The molecule has 1 aromatic rings. The summed E-state index contributed by atoms with van der Waals surface area (Å²) < 4.78 is 6.54. The average Bonchev–Trinajstić information content (AvgIpc) is 2.76. The standard InChI is InChI=1S/C10H14N2O5.N3/c1-5-3-12(10(16)11-9(5)15)8-2-6(14)7(4-13)17-8;1-3-2/h3,6-8,13-14H,2,4H2,1H3,(H,11,15,16);/q;-1/t6-,7+,8+;/m0./s1. The summed E-state index contributed by atoms with van der Waals surface area (Å²) in [6.07, 6.45) is -0.581. The van der Waals surface area contributed by atoms with E-state index < -0.39 is 29.7 Å². The molecule has 0 spiro atoms. The third-order valence-electron chi connectivity index (χ3n) is 2.84. The zero-order chi connectivity index (χ0) is 15.3. The first-order valence-corrected chi connectivity index (χ1v) is 5.69. The first-order valence-electron chi connectivity index (χ1n) is 5.69.